The van der Waals surface area contributed by atoms with Gasteiger partial charge < -0.3 is 0 Å². The van der Waals surface area contributed by atoms with Crippen molar-refractivity contribution in [3.05, 3.63) is 37.7 Å². The van der Waals surface area contributed by atoms with Gasteiger partial charge in [-0.1, -0.05) is 6.92 Å². The van der Waals surface area contributed by atoms with E-state index in [9.17, 15) is 4.79 Å². The first-order valence-corrected chi connectivity index (χ1v) is 7.49. The molecule has 0 aromatic carbocycles. The number of rotatable bonds is 4. The second-order valence-corrected chi connectivity index (χ2v) is 5.91. The topological polar surface area (TPSA) is 34.9 Å². The van der Waals surface area contributed by atoms with Crippen LogP contribution in [0.1, 0.15) is 33.5 Å². The molecule has 0 atom stereocenters. The predicted molar refractivity (Wildman–Crippen MR) is 77.4 cm³/mol. The summed E-state index contributed by atoms with van der Waals surface area (Å²) >= 11 is 5.02. The number of nitrogens with zero attached hydrogens (tertiary/aromatic N) is 2. The second kappa shape index (κ2) is 5.36. The van der Waals surface area contributed by atoms with Crippen LogP contribution >= 0.6 is 27.3 Å². The Bertz CT molecular complexity index is 586. The molecule has 0 unspecified atom stereocenters. The molecule has 0 N–H and O–H groups in total. The van der Waals surface area contributed by atoms with E-state index in [1.165, 1.54) is 11.3 Å². The molecule has 5 heteroatoms. The summed E-state index contributed by atoms with van der Waals surface area (Å²) in [6, 6.07) is 2.03. The Morgan fingerprint density at radius 1 is 1.56 bits per heavy atom. The maximum atomic E-state index is 12.3. The van der Waals surface area contributed by atoms with Gasteiger partial charge in [-0.05, 0) is 46.3 Å². The lowest BCUT2D eigenvalue weighted by Crippen LogP contribution is -2.08. The molecule has 3 nitrogen and oxygen atoms in total. The molecule has 0 spiro atoms. The molecule has 0 bridgehead atoms. The highest BCUT2D eigenvalue weighted by molar-refractivity contribution is 9.10. The Hall–Kier alpha value is -0.940. The molecule has 0 radical (unpaired) electrons. The number of halogens is 1. The molecule has 0 fully saturated rings. The van der Waals surface area contributed by atoms with E-state index in [2.05, 4.69) is 28.0 Å². The molecule has 0 aliphatic heterocycles. The number of Topliss-reactive ketones (excluding diaryl/α,β-unsaturated/α-hetero) is 1. The average molecular weight is 327 g/mol. The number of hydrogen-bond donors (Lipinski definition) is 0. The number of thiophene rings is 1. The van der Waals surface area contributed by atoms with Crippen molar-refractivity contribution in [2.75, 3.05) is 0 Å². The van der Waals surface area contributed by atoms with Crippen molar-refractivity contribution in [2.45, 2.75) is 26.7 Å². The van der Waals surface area contributed by atoms with Gasteiger partial charge in [0.15, 0.2) is 5.78 Å². The summed E-state index contributed by atoms with van der Waals surface area (Å²) in [7, 11) is 1.87. The highest BCUT2D eigenvalue weighted by Crippen LogP contribution is 2.24. The predicted octanol–water partition coefficient (Wildman–Crippen LogP) is 3.54. The van der Waals surface area contributed by atoms with Gasteiger partial charge >= 0.3 is 0 Å². The monoisotopic (exact) mass is 326 g/mol. The van der Waals surface area contributed by atoms with Crippen molar-refractivity contribution in [1.82, 2.24) is 9.78 Å². The van der Waals surface area contributed by atoms with Gasteiger partial charge in [-0.3, -0.25) is 9.48 Å². The molecular formula is C13H15BrN2OS. The van der Waals surface area contributed by atoms with Crippen molar-refractivity contribution >= 4 is 33.0 Å². The van der Waals surface area contributed by atoms with E-state index in [1.807, 2.05) is 25.4 Å². The molecule has 2 aromatic rings. The quantitative estimate of drug-likeness (QED) is 0.805. The van der Waals surface area contributed by atoms with Crippen LogP contribution in [-0.4, -0.2) is 15.6 Å². The fourth-order valence-corrected chi connectivity index (χ4v) is 3.38. The van der Waals surface area contributed by atoms with Gasteiger partial charge in [0.1, 0.15) is 0 Å². The Kier molecular flexibility index (Phi) is 4.02. The third kappa shape index (κ3) is 2.42. The smallest absolute Gasteiger partial charge is 0.179 e. The summed E-state index contributed by atoms with van der Waals surface area (Å²) < 4.78 is 2.71. The number of aryl methyl sites for hydroxylation is 3. The SMILES string of the molecule is CCc1ccsc1C(=O)Cc1c(Br)c(C)nn1C. The fraction of sp³-hybridized carbons (Fsp3) is 0.385. The van der Waals surface area contributed by atoms with Crippen molar-refractivity contribution in [1.29, 1.82) is 0 Å². The van der Waals surface area contributed by atoms with Crippen LogP contribution in [0.15, 0.2) is 15.9 Å². The van der Waals surface area contributed by atoms with Crippen LogP contribution in [0.5, 0.6) is 0 Å². The Morgan fingerprint density at radius 3 is 2.83 bits per heavy atom. The van der Waals surface area contributed by atoms with Crippen molar-refractivity contribution in [3.63, 3.8) is 0 Å². The van der Waals surface area contributed by atoms with Gasteiger partial charge in [0, 0.05) is 7.05 Å². The van der Waals surface area contributed by atoms with Crippen LogP contribution in [0.2, 0.25) is 0 Å². The summed E-state index contributed by atoms with van der Waals surface area (Å²) in [6.45, 7) is 4.00. The summed E-state index contributed by atoms with van der Waals surface area (Å²) in [5.41, 5.74) is 3.00. The van der Waals surface area contributed by atoms with E-state index in [0.717, 1.165) is 32.7 Å². The van der Waals surface area contributed by atoms with Crippen molar-refractivity contribution in [2.24, 2.45) is 7.05 Å². The van der Waals surface area contributed by atoms with Crippen LogP contribution in [0, 0.1) is 6.92 Å². The minimum absolute atomic E-state index is 0.172. The molecule has 96 valence electrons. The van der Waals surface area contributed by atoms with Gasteiger partial charge in [0.2, 0.25) is 0 Å². The van der Waals surface area contributed by atoms with Gasteiger partial charge in [-0.2, -0.15) is 5.10 Å². The first-order chi connectivity index (χ1) is 8.54. The van der Waals surface area contributed by atoms with Crippen LogP contribution < -0.4 is 0 Å². The third-order valence-corrected chi connectivity index (χ3v) is 5.00. The minimum atomic E-state index is 0.172. The Morgan fingerprint density at radius 2 is 2.28 bits per heavy atom. The minimum Gasteiger partial charge on any atom is -0.293 e. The number of carbonyl (C=O) groups is 1. The zero-order chi connectivity index (χ0) is 13.3. The van der Waals surface area contributed by atoms with Gasteiger partial charge in [-0.25, -0.2) is 0 Å². The van der Waals surface area contributed by atoms with Crippen LogP contribution in [0.4, 0.5) is 0 Å². The lowest BCUT2D eigenvalue weighted by Gasteiger charge is -2.03. The molecule has 2 heterocycles. The summed E-state index contributed by atoms with van der Waals surface area (Å²) in [4.78, 5) is 13.2. The van der Waals surface area contributed by atoms with Crippen molar-refractivity contribution in [3.8, 4) is 0 Å². The van der Waals surface area contributed by atoms with Crippen LogP contribution in [0.3, 0.4) is 0 Å². The molecule has 0 aliphatic carbocycles. The van der Waals surface area contributed by atoms with E-state index >= 15 is 0 Å². The zero-order valence-corrected chi connectivity index (χ0v) is 13.1. The van der Waals surface area contributed by atoms with Gasteiger partial charge in [0.05, 0.1) is 27.2 Å². The lowest BCUT2D eigenvalue weighted by atomic mass is 10.1. The van der Waals surface area contributed by atoms with Crippen molar-refractivity contribution < 1.29 is 4.79 Å². The van der Waals surface area contributed by atoms with Gasteiger partial charge in [0.25, 0.3) is 0 Å². The largest absolute Gasteiger partial charge is 0.293 e. The highest BCUT2D eigenvalue weighted by atomic mass is 79.9. The summed E-state index contributed by atoms with van der Waals surface area (Å²) in [6.07, 6.45) is 1.29. The Balaban J connectivity index is 2.27. The fourth-order valence-electron chi connectivity index (χ4n) is 1.96. The number of ketones is 1. The highest BCUT2D eigenvalue weighted by Gasteiger charge is 2.18. The molecule has 0 saturated carbocycles. The lowest BCUT2D eigenvalue weighted by molar-refractivity contribution is 0.0993. The maximum absolute atomic E-state index is 12.3. The first kappa shape index (κ1) is 13.5. The number of hydrogen-bond acceptors (Lipinski definition) is 3. The molecule has 2 aromatic heterocycles. The normalized spacial score (nSPS) is 10.9. The summed E-state index contributed by atoms with van der Waals surface area (Å²) in [5, 5.41) is 6.29. The maximum Gasteiger partial charge on any atom is 0.179 e. The number of carbonyl (C=O) groups excluding carboxylic acids is 1. The molecule has 0 aliphatic rings. The van der Waals surface area contributed by atoms with E-state index in [0.29, 0.717) is 6.42 Å². The summed E-state index contributed by atoms with van der Waals surface area (Å²) in [5.74, 6) is 0.172. The third-order valence-electron chi connectivity index (χ3n) is 2.97. The standard InChI is InChI=1S/C13H15BrN2OS/c1-4-9-5-6-18-13(9)11(17)7-10-12(14)8(2)15-16(10)3/h5-6H,4,7H2,1-3H3. The molecule has 0 amide bonds. The molecular weight excluding hydrogens is 312 g/mol. The average Bonchev–Trinajstić information content (AvgIpc) is 2.90. The van der Waals surface area contributed by atoms with E-state index in [-0.39, 0.29) is 5.78 Å². The zero-order valence-electron chi connectivity index (χ0n) is 10.7. The molecule has 18 heavy (non-hydrogen) atoms. The van der Waals surface area contributed by atoms with E-state index < -0.39 is 0 Å². The van der Waals surface area contributed by atoms with Crippen LogP contribution in [0.25, 0.3) is 0 Å². The van der Waals surface area contributed by atoms with E-state index in [1.54, 1.807) is 4.68 Å². The first-order valence-electron chi connectivity index (χ1n) is 5.82. The van der Waals surface area contributed by atoms with Crippen LogP contribution in [-0.2, 0) is 19.9 Å². The second-order valence-electron chi connectivity index (χ2n) is 4.20. The van der Waals surface area contributed by atoms with E-state index in [4.69, 9.17) is 0 Å². The Labute approximate surface area is 119 Å². The van der Waals surface area contributed by atoms with Gasteiger partial charge in [-0.15, -0.1) is 11.3 Å². The molecule has 0 saturated heterocycles. The number of aromatic nitrogens is 2. The molecule has 2 rings (SSSR count).